The lowest BCUT2D eigenvalue weighted by molar-refractivity contribution is 0.0951. The predicted octanol–water partition coefficient (Wildman–Crippen LogP) is 3.64. The van der Waals surface area contributed by atoms with Crippen molar-refractivity contribution in [2.45, 2.75) is 49.5 Å². The maximum atomic E-state index is 12.6. The Balaban J connectivity index is 1.54. The third-order valence-electron chi connectivity index (χ3n) is 5.40. The molecule has 1 fully saturated rings. The first-order chi connectivity index (χ1) is 16.9. The maximum Gasteiger partial charge on any atom is 0.328 e. The van der Waals surface area contributed by atoms with Gasteiger partial charge in [-0.3, -0.25) is 4.79 Å². The number of carbonyl (C=O) groups excluding carboxylic acids is 2. The highest BCUT2D eigenvalue weighted by Crippen LogP contribution is 2.22. The van der Waals surface area contributed by atoms with Gasteiger partial charge < -0.3 is 15.4 Å². The van der Waals surface area contributed by atoms with Gasteiger partial charge in [0, 0.05) is 17.6 Å². The summed E-state index contributed by atoms with van der Waals surface area (Å²) < 4.78 is 53.7. The van der Waals surface area contributed by atoms with Crippen LogP contribution in [0.3, 0.4) is 0 Å². The zero-order chi connectivity index (χ0) is 26.3. The molecule has 0 heterocycles. The van der Waals surface area contributed by atoms with Gasteiger partial charge in [-0.15, -0.1) is 0 Å². The summed E-state index contributed by atoms with van der Waals surface area (Å²) in [4.78, 5) is 24.6. The van der Waals surface area contributed by atoms with Gasteiger partial charge >= 0.3 is 6.03 Å². The third-order valence-corrected chi connectivity index (χ3v) is 6.98. The summed E-state index contributed by atoms with van der Waals surface area (Å²) in [5.74, 6) is -0.685. The number of ether oxygens (including phenoxy) is 1. The van der Waals surface area contributed by atoms with E-state index in [0.717, 1.165) is 37.7 Å². The first-order valence-electron chi connectivity index (χ1n) is 12.1. The average molecular weight is 497 g/mol. The second kappa shape index (κ2) is 11.4. The van der Waals surface area contributed by atoms with Crippen LogP contribution in [0.1, 0.15) is 52.1 Å². The fraction of sp³-hybridized carbons (Fsp3) is 0.391. The molecule has 1 saturated carbocycles. The van der Waals surface area contributed by atoms with Crippen molar-refractivity contribution in [3.05, 3.63) is 58.6 Å². The fourth-order valence-corrected chi connectivity index (χ4v) is 4.75. The van der Waals surface area contributed by atoms with Gasteiger partial charge in [0.2, 0.25) is 0 Å². The number of methoxy groups -OCH3 is 1. The van der Waals surface area contributed by atoms with E-state index in [1.165, 1.54) is 30.3 Å². The van der Waals surface area contributed by atoms with Crippen molar-refractivity contribution in [3.63, 3.8) is 0 Å². The molecule has 0 spiro atoms. The van der Waals surface area contributed by atoms with E-state index in [0.29, 0.717) is 6.42 Å². The van der Waals surface area contributed by atoms with E-state index in [1.54, 1.807) is 12.1 Å². The summed E-state index contributed by atoms with van der Waals surface area (Å²) >= 11 is 5.94. The van der Waals surface area contributed by atoms with Gasteiger partial charge in [0.15, 0.2) is 0 Å². The van der Waals surface area contributed by atoms with Crippen molar-refractivity contribution in [1.82, 2.24) is 15.4 Å². The van der Waals surface area contributed by atoms with Gasteiger partial charge in [0.05, 0.1) is 21.6 Å². The summed E-state index contributed by atoms with van der Waals surface area (Å²) in [6, 6.07) is 9.22. The Labute approximate surface area is 203 Å². The van der Waals surface area contributed by atoms with E-state index in [9.17, 15) is 18.0 Å². The third kappa shape index (κ3) is 7.10. The van der Waals surface area contributed by atoms with Crippen LogP contribution >= 0.6 is 11.6 Å². The molecule has 3 rings (SSSR count). The molecule has 0 unspecified atom stereocenters. The van der Waals surface area contributed by atoms with E-state index in [2.05, 4.69) is 10.6 Å². The molecule has 2 aromatic carbocycles. The number of amides is 3. The molecule has 0 aliphatic heterocycles. The van der Waals surface area contributed by atoms with Crippen LogP contribution in [0.15, 0.2) is 47.4 Å². The fourth-order valence-electron chi connectivity index (χ4n) is 3.66. The summed E-state index contributed by atoms with van der Waals surface area (Å²) in [7, 11) is -6.75. The minimum Gasteiger partial charge on any atom is -0.496 e. The molecule has 2 aromatic rings. The minimum atomic E-state index is -4.03. The maximum absolute atomic E-state index is 12.6. The molecule has 0 aromatic heterocycles. The van der Waals surface area contributed by atoms with E-state index >= 15 is 0 Å². The number of carbonyl (C=O) groups is 2. The van der Waals surface area contributed by atoms with Crippen LogP contribution in [-0.4, -0.2) is 40.0 Å². The van der Waals surface area contributed by atoms with Crippen molar-refractivity contribution in [3.8, 4) is 5.75 Å². The first kappa shape index (κ1) is 20.8. The quantitative estimate of drug-likeness (QED) is 0.516. The molecule has 3 N–H and O–H groups in total. The molecule has 10 heteroatoms. The smallest absolute Gasteiger partial charge is 0.328 e. The van der Waals surface area contributed by atoms with Crippen molar-refractivity contribution in [1.29, 1.82) is 0 Å². The number of hydrogen-bond donors (Lipinski definition) is 3. The first-order valence-corrected chi connectivity index (χ1v) is 12.5. The number of benzene rings is 2. The molecule has 0 bridgehead atoms. The van der Waals surface area contributed by atoms with Crippen molar-refractivity contribution >= 4 is 33.6 Å². The normalized spacial score (nSPS) is 16.1. The number of hydrogen-bond acceptors (Lipinski definition) is 5. The Bertz CT molecular complexity index is 1180. The number of nitrogens with one attached hydrogen (secondary N) is 3. The topological polar surface area (TPSA) is 114 Å². The zero-order valence-corrected chi connectivity index (χ0v) is 19.5. The van der Waals surface area contributed by atoms with Crippen LogP contribution in [0, 0.1) is 0 Å². The zero-order valence-electron chi connectivity index (χ0n) is 20.9. The minimum absolute atomic E-state index is 0.0161. The molecule has 0 atom stereocenters. The van der Waals surface area contributed by atoms with Crippen molar-refractivity contribution in [2.24, 2.45) is 0 Å². The molecule has 8 nitrogen and oxygen atoms in total. The van der Waals surface area contributed by atoms with Crippen LogP contribution in [0.2, 0.25) is 5.02 Å². The van der Waals surface area contributed by atoms with Gasteiger partial charge in [0.1, 0.15) is 5.75 Å². The molecular weight excluding hydrogens is 466 g/mol. The highest BCUT2D eigenvalue weighted by molar-refractivity contribution is 7.90. The highest BCUT2D eigenvalue weighted by atomic mass is 35.5. The SMILES string of the molecule is [2H]C([2H])([2H])Oc1ccc(Cl)cc1C(=O)NCCc1ccc(S(=O)(=O)NC(=O)NC2CCCCC2)cc1. The lowest BCUT2D eigenvalue weighted by Gasteiger charge is -2.22. The molecule has 1 aliphatic carbocycles. The molecule has 3 amide bonds. The largest absolute Gasteiger partial charge is 0.496 e. The van der Waals surface area contributed by atoms with Crippen LogP contribution < -0.4 is 20.1 Å². The predicted molar refractivity (Wildman–Crippen MR) is 126 cm³/mol. The number of rotatable bonds is 8. The highest BCUT2D eigenvalue weighted by Gasteiger charge is 2.21. The van der Waals surface area contributed by atoms with Crippen molar-refractivity contribution < 1.29 is 26.9 Å². The van der Waals surface area contributed by atoms with Crippen LogP contribution in [0.25, 0.3) is 0 Å². The van der Waals surface area contributed by atoms with E-state index in [-0.39, 0.29) is 33.8 Å². The van der Waals surface area contributed by atoms with Gasteiger partial charge in [-0.05, 0) is 55.2 Å². The van der Waals surface area contributed by atoms with Crippen LogP contribution in [0.4, 0.5) is 4.79 Å². The van der Waals surface area contributed by atoms with E-state index < -0.39 is 29.0 Å². The second-order valence-corrected chi connectivity index (χ2v) is 9.93. The van der Waals surface area contributed by atoms with Gasteiger partial charge in [-0.1, -0.05) is 43.0 Å². The van der Waals surface area contributed by atoms with Crippen LogP contribution in [-0.2, 0) is 16.4 Å². The van der Waals surface area contributed by atoms with Gasteiger partial charge in [-0.25, -0.2) is 17.9 Å². The number of halogens is 1. The van der Waals surface area contributed by atoms with Gasteiger partial charge in [-0.2, -0.15) is 0 Å². The molecule has 0 radical (unpaired) electrons. The Morgan fingerprint density at radius 3 is 2.55 bits per heavy atom. The van der Waals surface area contributed by atoms with E-state index in [1.807, 2.05) is 4.72 Å². The Morgan fingerprint density at radius 2 is 1.85 bits per heavy atom. The molecule has 1 aliphatic rings. The Kier molecular flexibility index (Phi) is 7.17. The molecular formula is C23H28ClN3O5S. The van der Waals surface area contributed by atoms with E-state index in [4.69, 9.17) is 20.5 Å². The van der Waals surface area contributed by atoms with Crippen LogP contribution in [0.5, 0.6) is 5.75 Å². The average Bonchev–Trinajstić information content (AvgIpc) is 2.80. The Morgan fingerprint density at radius 1 is 1.12 bits per heavy atom. The summed E-state index contributed by atoms with van der Waals surface area (Å²) in [5, 5.41) is 5.62. The summed E-state index contributed by atoms with van der Waals surface area (Å²) in [6.45, 7) is 0.187. The summed E-state index contributed by atoms with van der Waals surface area (Å²) in [6.07, 6.45) is 5.19. The molecule has 178 valence electrons. The van der Waals surface area contributed by atoms with Crippen molar-refractivity contribution in [2.75, 3.05) is 13.6 Å². The molecule has 0 saturated heterocycles. The second-order valence-electron chi connectivity index (χ2n) is 7.81. The lowest BCUT2D eigenvalue weighted by Crippen LogP contribution is -2.45. The monoisotopic (exact) mass is 496 g/mol. The number of sulfonamides is 1. The number of urea groups is 1. The Hall–Kier alpha value is -2.78. The lowest BCUT2D eigenvalue weighted by atomic mass is 9.96. The standard InChI is InChI=1S/C23H28ClN3O5S/c1-32-21-12-9-17(24)15-20(21)22(28)25-14-13-16-7-10-19(11-8-16)33(30,31)27-23(29)26-18-5-3-2-4-6-18/h7-12,15,18H,2-6,13-14H2,1H3,(H,25,28)(H2,26,27,29)/i1D3. The summed E-state index contributed by atoms with van der Waals surface area (Å²) in [5.41, 5.74) is 0.726. The van der Waals surface area contributed by atoms with Gasteiger partial charge in [0.25, 0.3) is 15.9 Å². The molecule has 33 heavy (non-hydrogen) atoms.